The van der Waals surface area contributed by atoms with Crippen molar-refractivity contribution in [2.75, 3.05) is 18.5 Å². The van der Waals surface area contributed by atoms with Crippen LogP contribution in [0.1, 0.15) is 38.2 Å². The van der Waals surface area contributed by atoms with Crippen LogP contribution >= 0.6 is 15.9 Å². The van der Waals surface area contributed by atoms with Crippen LogP contribution in [-0.2, 0) is 4.74 Å². The van der Waals surface area contributed by atoms with Crippen molar-refractivity contribution >= 4 is 15.9 Å². The van der Waals surface area contributed by atoms with Gasteiger partial charge in [0.05, 0.1) is 6.61 Å². The second-order valence-electron chi connectivity index (χ2n) is 4.87. The molecule has 17 heavy (non-hydrogen) atoms. The summed E-state index contributed by atoms with van der Waals surface area (Å²) in [5, 5.41) is 0.960. The number of halogens is 1. The molecule has 1 atom stereocenters. The maximum absolute atomic E-state index is 5.76. The smallest absolute Gasteiger partial charge is 0.0542 e. The van der Waals surface area contributed by atoms with E-state index in [1.54, 1.807) is 0 Å². The molecular weight excluding hydrogens is 276 g/mol. The number of hydrogen-bond donors (Lipinski definition) is 0. The topological polar surface area (TPSA) is 9.23 Å². The van der Waals surface area contributed by atoms with E-state index < -0.39 is 0 Å². The first kappa shape index (κ1) is 14.7. The van der Waals surface area contributed by atoms with Gasteiger partial charge >= 0.3 is 0 Å². The Hall–Kier alpha value is -0.340. The molecular formula is C15H23BrO. The number of alkyl halides is 1. The molecule has 0 bridgehead atoms. The van der Waals surface area contributed by atoms with E-state index in [-0.39, 0.29) is 0 Å². The molecule has 0 aromatic heterocycles. The Labute approximate surface area is 114 Å². The SMILES string of the molecule is CC(C)CCCOCC(CBr)c1ccccc1. The first-order valence-corrected chi connectivity index (χ1v) is 7.54. The number of benzene rings is 1. The first-order chi connectivity index (χ1) is 8.24. The fourth-order valence-corrected chi connectivity index (χ4v) is 2.34. The minimum Gasteiger partial charge on any atom is -0.381 e. The largest absolute Gasteiger partial charge is 0.381 e. The van der Waals surface area contributed by atoms with E-state index >= 15 is 0 Å². The molecule has 1 nitrogen and oxygen atoms in total. The van der Waals surface area contributed by atoms with Crippen LogP contribution < -0.4 is 0 Å². The highest BCUT2D eigenvalue weighted by Gasteiger charge is 2.09. The molecule has 0 N–H and O–H groups in total. The van der Waals surface area contributed by atoms with E-state index in [1.807, 2.05) is 0 Å². The van der Waals surface area contributed by atoms with E-state index in [2.05, 4.69) is 60.1 Å². The van der Waals surface area contributed by atoms with Crippen LogP contribution in [0, 0.1) is 5.92 Å². The summed E-state index contributed by atoms with van der Waals surface area (Å²) in [5.41, 5.74) is 1.35. The highest BCUT2D eigenvalue weighted by Crippen LogP contribution is 2.18. The van der Waals surface area contributed by atoms with Crippen molar-refractivity contribution in [2.24, 2.45) is 5.92 Å². The summed E-state index contributed by atoms with van der Waals surface area (Å²) >= 11 is 3.56. The van der Waals surface area contributed by atoms with Gasteiger partial charge in [-0.25, -0.2) is 0 Å². The second kappa shape index (κ2) is 8.71. The molecule has 2 heteroatoms. The molecule has 1 unspecified atom stereocenters. The van der Waals surface area contributed by atoms with Crippen molar-refractivity contribution < 1.29 is 4.74 Å². The summed E-state index contributed by atoms with van der Waals surface area (Å²) < 4.78 is 5.76. The number of hydrogen-bond acceptors (Lipinski definition) is 1. The average molecular weight is 299 g/mol. The van der Waals surface area contributed by atoms with Gasteiger partial charge in [0, 0.05) is 17.9 Å². The fourth-order valence-electron chi connectivity index (χ4n) is 1.77. The summed E-state index contributed by atoms with van der Waals surface area (Å²) in [4.78, 5) is 0. The summed E-state index contributed by atoms with van der Waals surface area (Å²) in [6.45, 7) is 6.21. The third-order valence-electron chi connectivity index (χ3n) is 2.85. The van der Waals surface area contributed by atoms with Gasteiger partial charge in [-0.05, 0) is 24.3 Å². The molecule has 0 aliphatic carbocycles. The lowest BCUT2D eigenvalue weighted by Crippen LogP contribution is -2.10. The van der Waals surface area contributed by atoms with Crippen LogP contribution in [0.2, 0.25) is 0 Å². The van der Waals surface area contributed by atoms with Gasteiger partial charge in [0.15, 0.2) is 0 Å². The van der Waals surface area contributed by atoms with Crippen LogP contribution in [0.5, 0.6) is 0 Å². The predicted molar refractivity (Wildman–Crippen MR) is 77.9 cm³/mol. The quantitative estimate of drug-likeness (QED) is 0.503. The molecule has 0 aliphatic heterocycles. The monoisotopic (exact) mass is 298 g/mol. The number of ether oxygens (including phenoxy) is 1. The minimum atomic E-state index is 0.468. The highest BCUT2D eigenvalue weighted by atomic mass is 79.9. The molecule has 1 aromatic rings. The van der Waals surface area contributed by atoms with Gasteiger partial charge in [0.2, 0.25) is 0 Å². The summed E-state index contributed by atoms with van der Waals surface area (Å²) in [5.74, 6) is 1.25. The van der Waals surface area contributed by atoms with Crippen LogP contribution in [0.25, 0.3) is 0 Å². The van der Waals surface area contributed by atoms with E-state index in [9.17, 15) is 0 Å². The van der Waals surface area contributed by atoms with Crippen LogP contribution in [0.4, 0.5) is 0 Å². The maximum atomic E-state index is 5.76. The molecule has 1 aromatic carbocycles. The number of rotatable bonds is 8. The third kappa shape index (κ3) is 6.23. The molecule has 0 fully saturated rings. The molecule has 1 rings (SSSR count). The standard InChI is InChI=1S/C15H23BrO/c1-13(2)7-6-10-17-12-15(11-16)14-8-4-3-5-9-14/h3-5,8-9,13,15H,6-7,10-12H2,1-2H3. The Morgan fingerprint density at radius 3 is 2.47 bits per heavy atom. The van der Waals surface area contributed by atoms with Gasteiger partial charge < -0.3 is 4.74 Å². The van der Waals surface area contributed by atoms with Crippen molar-refractivity contribution in [3.05, 3.63) is 35.9 Å². The zero-order chi connectivity index (χ0) is 12.5. The Morgan fingerprint density at radius 1 is 1.18 bits per heavy atom. The van der Waals surface area contributed by atoms with Crippen molar-refractivity contribution in [1.29, 1.82) is 0 Å². The molecule has 0 saturated carbocycles. The Morgan fingerprint density at radius 2 is 1.88 bits per heavy atom. The summed E-state index contributed by atoms with van der Waals surface area (Å²) in [6.07, 6.45) is 2.42. The lowest BCUT2D eigenvalue weighted by Gasteiger charge is -2.15. The minimum absolute atomic E-state index is 0.468. The molecule has 0 spiro atoms. The fraction of sp³-hybridized carbons (Fsp3) is 0.600. The zero-order valence-electron chi connectivity index (χ0n) is 10.9. The molecule has 0 radical (unpaired) electrons. The lowest BCUT2D eigenvalue weighted by atomic mass is 10.0. The van der Waals surface area contributed by atoms with Crippen molar-refractivity contribution in [2.45, 2.75) is 32.6 Å². The summed E-state index contributed by atoms with van der Waals surface area (Å²) in [7, 11) is 0. The Balaban J connectivity index is 2.24. The van der Waals surface area contributed by atoms with E-state index in [4.69, 9.17) is 4.74 Å². The lowest BCUT2D eigenvalue weighted by molar-refractivity contribution is 0.119. The van der Waals surface area contributed by atoms with Gasteiger partial charge in [-0.2, -0.15) is 0 Å². The van der Waals surface area contributed by atoms with Gasteiger partial charge in [0.1, 0.15) is 0 Å². The van der Waals surface area contributed by atoms with Gasteiger partial charge in [-0.3, -0.25) is 0 Å². The van der Waals surface area contributed by atoms with Crippen LogP contribution in [-0.4, -0.2) is 18.5 Å². The molecule has 0 amide bonds. The van der Waals surface area contributed by atoms with E-state index in [0.717, 1.165) is 24.5 Å². The average Bonchev–Trinajstić information content (AvgIpc) is 2.34. The van der Waals surface area contributed by atoms with Crippen LogP contribution in [0.3, 0.4) is 0 Å². The van der Waals surface area contributed by atoms with Gasteiger partial charge in [-0.15, -0.1) is 0 Å². The van der Waals surface area contributed by atoms with Crippen LogP contribution in [0.15, 0.2) is 30.3 Å². The second-order valence-corrected chi connectivity index (χ2v) is 5.52. The van der Waals surface area contributed by atoms with E-state index in [0.29, 0.717) is 5.92 Å². The van der Waals surface area contributed by atoms with Crippen molar-refractivity contribution in [1.82, 2.24) is 0 Å². The highest BCUT2D eigenvalue weighted by molar-refractivity contribution is 9.09. The summed E-state index contributed by atoms with van der Waals surface area (Å²) in [6, 6.07) is 10.6. The predicted octanol–water partition coefficient (Wildman–Crippen LogP) is 4.62. The van der Waals surface area contributed by atoms with Gasteiger partial charge in [0.25, 0.3) is 0 Å². The molecule has 0 heterocycles. The molecule has 0 aliphatic rings. The normalized spacial score (nSPS) is 12.9. The van der Waals surface area contributed by atoms with Crippen molar-refractivity contribution in [3.8, 4) is 0 Å². The first-order valence-electron chi connectivity index (χ1n) is 6.42. The maximum Gasteiger partial charge on any atom is 0.0542 e. The zero-order valence-corrected chi connectivity index (χ0v) is 12.4. The molecule has 0 saturated heterocycles. The Bertz CT molecular complexity index is 284. The van der Waals surface area contributed by atoms with Gasteiger partial charge in [-0.1, -0.05) is 60.1 Å². The third-order valence-corrected chi connectivity index (χ3v) is 3.63. The van der Waals surface area contributed by atoms with E-state index in [1.165, 1.54) is 18.4 Å². The molecule has 96 valence electrons. The van der Waals surface area contributed by atoms with Crippen molar-refractivity contribution in [3.63, 3.8) is 0 Å². The Kier molecular flexibility index (Phi) is 7.54.